The van der Waals surface area contributed by atoms with Gasteiger partial charge in [-0.25, -0.2) is 4.98 Å². The smallest absolute Gasteiger partial charge is 0.220 e. The van der Waals surface area contributed by atoms with Crippen molar-refractivity contribution in [2.24, 2.45) is 16.6 Å². The standard InChI is InChI=1S/C22H37N7O.HI/c1-3-11-28-12-8-19(9-13-28)27-22(24-2)26-16-18-5-4-10-25-21(18)29-14-6-17(7-15-29)20(23)30;/h4-5,10,17,19H,3,6-9,11-16H2,1-2H3,(H2,23,30)(H2,24,26,27);1H. The van der Waals surface area contributed by atoms with Crippen LogP contribution in [0.3, 0.4) is 0 Å². The molecule has 4 N–H and O–H groups in total. The number of hydrogen-bond donors (Lipinski definition) is 3. The fourth-order valence-electron chi connectivity index (χ4n) is 4.41. The number of primary amides is 1. The van der Waals surface area contributed by atoms with E-state index >= 15 is 0 Å². The van der Waals surface area contributed by atoms with Gasteiger partial charge in [-0.3, -0.25) is 9.79 Å². The first-order chi connectivity index (χ1) is 14.6. The van der Waals surface area contributed by atoms with E-state index in [1.165, 1.54) is 13.0 Å². The van der Waals surface area contributed by atoms with Crippen LogP contribution in [-0.4, -0.2) is 67.6 Å². The number of nitrogens with zero attached hydrogens (tertiary/aromatic N) is 4. The van der Waals surface area contributed by atoms with E-state index < -0.39 is 0 Å². The highest BCUT2D eigenvalue weighted by Gasteiger charge is 2.25. The van der Waals surface area contributed by atoms with Crippen molar-refractivity contribution >= 4 is 41.7 Å². The van der Waals surface area contributed by atoms with Crippen molar-refractivity contribution in [2.45, 2.75) is 51.6 Å². The van der Waals surface area contributed by atoms with Gasteiger partial charge in [-0.15, -0.1) is 24.0 Å². The Bertz CT molecular complexity index is 714. The zero-order valence-corrected chi connectivity index (χ0v) is 21.2. The van der Waals surface area contributed by atoms with E-state index in [0.29, 0.717) is 12.6 Å². The summed E-state index contributed by atoms with van der Waals surface area (Å²) in [5.41, 5.74) is 6.61. The predicted octanol–water partition coefficient (Wildman–Crippen LogP) is 1.94. The molecular weight excluding hydrogens is 505 g/mol. The van der Waals surface area contributed by atoms with Crippen LogP contribution in [0.15, 0.2) is 23.3 Å². The highest BCUT2D eigenvalue weighted by atomic mass is 127. The summed E-state index contributed by atoms with van der Waals surface area (Å²) < 4.78 is 0. The number of hydrogen-bond acceptors (Lipinski definition) is 5. The highest BCUT2D eigenvalue weighted by molar-refractivity contribution is 14.0. The molecule has 1 aromatic rings. The Balaban J connectivity index is 0.00000341. The Morgan fingerprint density at radius 3 is 2.55 bits per heavy atom. The molecule has 8 nitrogen and oxygen atoms in total. The third-order valence-electron chi connectivity index (χ3n) is 6.20. The second-order valence-corrected chi connectivity index (χ2v) is 8.34. The SMILES string of the molecule is CCCN1CCC(NC(=NC)NCc2cccnc2N2CCC(C(N)=O)CC2)CC1.I. The van der Waals surface area contributed by atoms with Crippen molar-refractivity contribution in [1.29, 1.82) is 0 Å². The average molecular weight is 543 g/mol. The Labute approximate surface area is 203 Å². The summed E-state index contributed by atoms with van der Waals surface area (Å²) in [4.78, 5) is 25.3. The van der Waals surface area contributed by atoms with Gasteiger partial charge < -0.3 is 26.2 Å². The van der Waals surface area contributed by atoms with Crippen LogP contribution in [-0.2, 0) is 11.3 Å². The van der Waals surface area contributed by atoms with E-state index in [9.17, 15) is 4.79 Å². The lowest BCUT2D eigenvalue weighted by Gasteiger charge is -2.33. The fraction of sp³-hybridized carbons (Fsp3) is 0.682. The van der Waals surface area contributed by atoms with Crippen LogP contribution >= 0.6 is 24.0 Å². The molecule has 0 aromatic carbocycles. The van der Waals surface area contributed by atoms with E-state index in [1.807, 2.05) is 19.3 Å². The van der Waals surface area contributed by atoms with Crippen LogP contribution in [0.5, 0.6) is 0 Å². The summed E-state index contributed by atoms with van der Waals surface area (Å²) in [5.74, 6) is 1.62. The number of nitrogens with one attached hydrogen (secondary N) is 2. The predicted molar refractivity (Wildman–Crippen MR) is 137 cm³/mol. The van der Waals surface area contributed by atoms with Gasteiger partial charge in [0.1, 0.15) is 5.82 Å². The second-order valence-electron chi connectivity index (χ2n) is 8.34. The van der Waals surface area contributed by atoms with Gasteiger partial charge in [0.2, 0.25) is 5.91 Å². The summed E-state index contributed by atoms with van der Waals surface area (Å²) in [5, 5.41) is 7.04. The third kappa shape index (κ3) is 7.48. The second kappa shape index (κ2) is 13.0. The number of rotatable bonds is 7. The van der Waals surface area contributed by atoms with Gasteiger partial charge in [-0.1, -0.05) is 13.0 Å². The van der Waals surface area contributed by atoms with Crippen LogP contribution in [0.2, 0.25) is 0 Å². The average Bonchev–Trinajstić information content (AvgIpc) is 2.78. The minimum absolute atomic E-state index is 0. The van der Waals surface area contributed by atoms with Gasteiger partial charge in [-0.2, -0.15) is 0 Å². The third-order valence-corrected chi connectivity index (χ3v) is 6.20. The van der Waals surface area contributed by atoms with Crippen molar-refractivity contribution in [3.05, 3.63) is 23.9 Å². The Kier molecular flexibility index (Phi) is 10.8. The van der Waals surface area contributed by atoms with Gasteiger partial charge in [-0.05, 0) is 44.7 Å². The molecule has 0 spiro atoms. The Morgan fingerprint density at radius 2 is 1.94 bits per heavy atom. The molecule has 1 amide bonds. The maximum absolute atomic E-state index is 11.4. The van der Waals surface area contributed by atoms with Gasteiger partial charge in [0.25, 0.3) is 0 Å². The first-order valence-electron chi connectivity index (χ1n) is 11.3. The molecule has 0 saturated carbocycles. The largest absolute Gasteiger partial charge is 0.369 e. The van der Waals surface area contributed by atoms with Gasteiger partial charge in [0, 0.05) is 63.5 Å². The highest BCUT2D eigenvalue weighted by Crippen LogP contribution is 2.24. The van der Waals surface area contributed by atoms with Crippen molar-refractivity contribution in [3.63, 3.8) is 0 Å². The van der Waals surface area contributed by atoms with E-state index in [4.69, 9.17) is 5.73 Å². The molecule has 0 bridgehead atoms. The number of aliphatic imine (C=N–C) groups is 1. The van der Waals surface area contributed by atoms with Crippen LogP contribution in [0.1, 0.15) is 44.6 Å². The molecular formula is C22H38IN7O. The minimum atomic E-state index is -0.187. The molecule has 0 radical (unpaired) electrons. The van der Waals surface area contributed by atoms with Crippen molar-refractivity contribution in [2.75, 3.05) is 44.7 Å². The lowest BCUT2D eigenvalue weighted by Crippen LogP contribution is -2.48. The number of amides is 1. The molecule has 3 rings (SSSR count). The minimum Gasteiger partial charge on any atom is -0.369 e. The Morgan fingerprint density at radius 1 is 1.23 bits per heavy atom. The molecule has 3 heterocycles. The molecule has 0 atom stereocenters. The number of aromatic nitrogens is 1. The van der Waals surface area contributed by atoms with Crippen LogP contribution in [0.4, 0.5) is 5.82 Å². The number of pyridine rings is 1. The number of carbonyl (C=O) groups is 1. The zero-order valence-electron chi connectivity index (χ0n) is 18.8. The molecule has 0 aliphatic carbocycles. The number of halogens is 1. The van der Waals surface area contributed by atoms with Crippen LogP contribution in [0, 0.1) is 5.92 Å². The van der Waals surface area contributed by atoms with Crippen molar-refractivity contribution in [3.8, 4) is 0 Å². The molecule has 2 fully saturated rings. The summed E-state index contributed by atoms with van der Waals surface area (Å²) in [6.45, 7) is 8.01. The van der Waals surface area contributed by atoms with Crippen LogP contribution in [0.25, 0.3) is 0 Å². The summed E-state index contributed by atoms with van der Waals surface area (Å²) in [7, 11) is 1.82. The number of guanidine groups is 1. The summed E-state index contributed by atoms with van der Waals surface area (Å²) in [6.07, 6.45) is 6.92. The van der Waals surface area contributed by atoms with Gasteiger partial charge >= 0.3 is 0 Å². The van der Waals surface area contributed by atoms with E-state index in [2.05, 4.69) is 43.4 Å². The molecule has 9 heteroatoms. The molecule has 1 aromatic heterocycles. The number of carbonyl (C=O) groups excluding carboxylic acids is 1. The topological polar surface area (TPSA) is 98.9 Å². The maximum Gasteiger partial charge on any atom is 0.220 e. The zero-order chi connectivity index (χ0) is 21.3. The summed E-state index contributed by atoms with van der Waals surface area (Å²) in [6, 6.07) is 4.54. The number of anilines is 1. The first kappa shape index (κ1) is 25.6. The van der Waals surface area contributed by atoms with E-state index in [1.54, 1.807) is 0 Å². The maximum atomic E-state index is 11.4. The molecule has 2 aliphatic rings. The van der Waals surface area contributed by atoms with E-state index in [0.717, 1.165) is 69.2 Å². The lowest BCUT2D eigenvalue weighted by atomic mass is 9.96. The molecule has 0 unspecified atom stereocenters. The molecule has 2 saturated heterocycles. The monoisotopic (exact) mass is 543 g/mol. The van der Waals surface area contributed by atoms with Gasteiger partial charge in [0.05, 0.1) is 0 Å². The molecule has 31 heavy (non-hydrogen) atoms. The van der Waals surface area contributed by atoms with Crippen LogP contribution < -0.4 is 21.3 Å². The molecule has 2 aliphatic heterocycles. The lowest BCUT2D eigenvalue weighted by molar-refractivity contribution is -0.122. The quantitative estimate of drug-likeness (QED) is 0.276. The first-order valence-corrected chi connectivity index (χ1v) is 11.3. The van der Waals surface area contributed by atoms with Gasteiger partial charge in [0.15, 0.2) is 5.96 Å². The number of nitrogens with two attached hydrogens (primary N) is 1. The normalized spacial score (nSPS) is 19.0. The number of likely N-dealkylation sites (tertiary alicyclic amines) is 1. The summed E-state index contributed by atoms with van der Waals surface area (Å²) >= 11 is 0. The number of piperidine rings is 2. The van der Waals surface area contributed by atoms with Crippen molar-refractivity contribution < 1.29 is 4.79 Å². The van der Waals surface area contributed by atoms with E-state index in [-0.39, 0.29) is 35.8 Å². The van der Waals surface area contributed by atoms with Crippen molar-refractivity contribution in [1.82, 2.24) is 20.5 Å². The fourth-order valence-corrected chi connectivity index (χ4v) is 4.41. The Hall–Kier alpha value is -1.62. The molecule has 174 valence electrons.